The normalized spacial score (nSPS) is 10.5. The van der Waals surface area contributed by atoms with Crippen LogP contribution in [0.2, 0.25) is 0 Å². The van der Waals surface area contributed by atoms with Crippen molar-refractivity contribution in [2.75, 3.05) is 5.75 Å². The Balaban J connectivity index is 1.83. The average molecular weight is 386 g/mol. The topological polar surface area (TPSA) is 131 Å². The zero-order valence-electron chi connectivity index (χ0n) is 13.9. The number of nitrogens with one attached hydrogen (secondary N) is 1. The fourth-order valence-corrected chi connectivity index (χ4v) is 2.73. The lowest BCUT2D eigenvalue weighted by Crippen LogP contribution is -1.98. The van der Waals surface area contributed by atoms with Gasteiger partial charge in [-0.2, -0.15) is 0 Å². The summed E-state index contributed by atoms with van der Waals surface area (Å²) in [5.74, 6) is -0.564. The Labute approximate surface area is 157 Å². The molecular weight excluding hydrogens is 372 g/mol. The molecule has 0 aliphatic carbocycles. The van der Waals surface area contributed by atoms with E-state index in [1.807, 2.05) is 30.3 Å². The molecule has 2 N–H and O–H groups in total. The van der Waals surface area contributed by atoms with Crippen molar-refractivity contribution in [1.29, 1.82) is 0 Å². The number of nitro benzene ring substituents is 1. The number of thioether (sulfide) groups is 1. The summed E-state index contributed by atoms with van der Waals surface area (Å²) in [6, 6.07) is 13.7. The lowest BCUT2D eigenvalue weighted by atomic mass is 10.1. The number of carboxylic acid groups (broad SMARTS) is 1. The number of ether oxygens (including phenoxy) is 1. The van der Waals surface area contributed by atoms with Crippen molar-refractivity contribution in [2.45, 2.75) is 11.8 Å². The van der Waals surface area contributed by atoms with Crippen LogP contribution in [-0.4, -0.2) is 36.9 Å². The van der Waals surface area contributed by atoms with E-state index in [2.05, 4.69) is 15.2 Å². The molecule has 138 valence electrons. The number of non-ortho nitro benzene ring substituents is 1. The number of aromatic nitrogens is 3. The second kappa shape index (κ2) is 8.32. The SMILES string of the molecule is O=C(O)CSc1n[nH]c(-c2cc(OCc3ccccc3)cc([N+](=O)[O-])c2)n1. The highest BCUT2D eigenvalue weighted by atomic mass is 32.2. The molecule has 1 heterocycles. The molecule has 0 radical (unpaired) electrons. The third-order valence-corrected chi connectivity index (χ3v) is 4.25. The van der Waals surface area contributed by atoms with Crippen LogP contribution in [0.15, 0.2) is 53.7 Å². The van der Waals surface area contributed by atoms with Crippen molar-refractivity contribution in [3.8, 4) is 17.1 Å². The molecule has 10 heteroatoms. The van der Waals surface area contributed by atoms with E-state index in [1.165, 1.54) is 12.1 Å². The lowest BCUT2D eigenvalue weighted by molar-refractivity contribution is -0.384. The molecule has 1 aromatic heterocycles. The van der Waals surface area contributed by atoms with Gasteiger partial charge in [-0.1, -0.05) is 42.1 Å². The van der Waals surface area contributed by atoms with Crippen molar-refractivity contribution in [3.05, 3.63) is 64.2 Å². The maximum atomic E-state index is 11.2. The van der Waals surface area contributed by atoms with Crippen LogP contribution < -0.4 is 4.74 Å². The molecule has 27 heavy (non-hydrogen) atoms. The van der Waals surface area contributed by atoms with Gasteiger partial charge in [0.05, 0.1) is 16.7 Å². The Kier molecular flexibility index (Phi) is 5.67. The molecule has 3 rings (SSSR count). The minimum absolute atomic E-state index is 0.147. The highest BCUT2D eigenvalue weighted by Crippen LogP contribution is 2.29. The fraction of sp³-hybridized carbons (Fsp3) is 0.118. The predicted octanol–water partition coefficient (Wildman–Crippen LogP) is 3.14. The van der Waals surface area contributed by atoms with Crippen molar-refractivity contribution >= 4 is 23.4 Å². The summed E-state index contributed by atoms with van der Waals surface area (Å²) < 4.78 is 5.68. The Morgan fingerprint density at radius 1 is 1.26 bits per heavy atom. The van der Waals surface area contributed by atoms with Crippen molar-refractivity contribution in [1.82, 2.24) is 15.2 Å². The van der Waals surface area contributed by atoms with Gasteiger partial charge >= 0.3 is 5.97 Å². The van der Waals surface area contributed by atoms with E-state index in [0.717, 1.165) is 17.3 Å². The summed E-state index contributed by atoms with van der Waals surface area (Å²) >= 11 is 0.948. The molecule has 0 spiro atoms. The van der Waals surface area contributed by atoms with Crippen LogP contribution >= 0.6 is 11.8 Å². The van der Waals surface area contributed by atoms with E-state index in [0.29, 0.717) is 11.3 Å². The van der Waals surface area contributed by atoms with Crippen LogP contribution in [0, 0.1) is 10.1 Å². The van der Waals surface area contributed by atoms with Crippen molar-refractivity contribution in [2.24, 2.45) is 0 Å². The number of aromatic amines is 1. The molecule has 0 aliphatic heterocycles. The maximum absolute atomic E-state index is 11.2. The standard InChI is InChI=1S/C17H14N4O5S/c22-15(23)10-27-17-18-16(19-20-17)12-6-13(21(24)25)8-14(7-12)26-9-11-4-2-1-3-5-11/h1-8H,9-10H2,(H,22,23)(H,18,19,20). The molecule has 0 saturated carbocycles. The van der Waals surface area contributed by atoms with Gasteiger partial charge in [-0.25, -0.2) is 4.98 Å². The van der Waals surface area contributed by atoms with Crippen LogP contribution in [0.1, 0.15) is 5.56 Å². The summed E-state index contributed by atoms with van der Waals surface area (Å²) in [4.78, 5) is 25.5. The molecule has 0 saturated heterocycles. The largest absolute Gasteiger partial charge is 0.489 e. The number of hydrogen-bond donors (Lipinski definition) is 2. The summed E-state index contributed by atoms with van der Waals surface area (Å²) in [7, 11) is 0. The molecule has 0 atom stereocenters. The van der Waals surface area contributed by atoms with Crippen LogP contribution in [-0.2, 0) is 11.4 Å². The van der Waals surface area contributed by atoms with Gasteiger partial charge < -0.3 is 9.84 Å². The number of hydrogen-bond acceptors (Lipinski definition) is 7. The first-order chi connectivity index (χ1) is 13.0. The summed E-state index contributed by atoms with van der Waals surface area (Å²) in [5, 5.41) is 26.8. The molecule has 2 aromatic carbocycles. The third kappa shape index (κ3) is 5.05. The first-order valence-electron chi connectivity index (χ1n) is 7.75. The number of carboxylic acids is 1. The molecule has 3 aromatic rings. The number of nitrogens with zero attached hydrogens (tertiary/aromatic N) is 3. The molecule has 0 amide bonds. The van der Waals surface area contributed by atoms with Gasteiger partial charge in [0.15, 0.2) is 5.82 Å². The number of rotatable bonds is 8. The van der Waals surface area contributed by atoms with Crippen LogP contribution in [0.3, 0.4) is 0 Å². The summed E-state index contributed by atoms with van der Waals surface area (Å²) in [5.41, 5.74) is 1.20. The first kappa shape index (κ1) is 18.4. The summed E-state index contributed by atoms with van der Waals surface area (Å²) in [6.07, 6.45) is 0. The highest BCUT2D eigenvalue weighted by Gasteiger charge is 2.15. The van der Waals surface area contributed by atoms with Gasteiger partial charge in [0.2, 0.25) is 5.16 Å². The maximum Gasteiger partial charge on any atom is 0.313 e. The van der Waals surface area contributed by atoms with Gasteiger partial charge in [0.25, 0.3) is 5.69 Å². The van der Waals surface area contributed by atoms with Gasteiger partial charge in [-0.3, -0.25) is 20.0 Å². The van der Waals surface area contributed by atoms with Gasteiger partial charge in [0, 0.05) is 11.6 Å². The Hall–Kier alpha value is -3.40. The smallest absolute Gasteiger partial charge is 0.313 e. The number of benzene rings is 2. The summed E-state index contributed by atoms with van der Waals surface area (Å²) in [6.45, 7) is 0.261. The first-order valence-corrected chi connectivity index (χ1v) is 8.73. The van der Waals surface area contributed by atoms with E-state index in [1.54, 1.807) is 6.07 Å². The average Bonchev–Trinajstić information content (AvgIpc) is 3.14. The molecule has 0 unspecified atom stereocenters. The van der Waals surface area contributed by atoms with Crippen LogP contribution in [0.5, 0.6) is 5.75 Å². The quantitative estimate of drug-likeness (QED) is 0.343. The third-order valence-electron chi connectivity index (χ3n) is 3.41. The highest BCUT2D eigenvalue weighted by molar-refractivity contribution is 7.99. The number of carbonyl (C=O) groups is 1. The van der Waals surface area contributed by atoms with Crippen molar-refractivity contribution in [3.63, 3.8) is 0 Å². The van der Waals surface area contributed by atoms with E-state index in [9.17, 15) is 14.9 Å². The van der Waals surface area contributed by atoms with Gasteiger partial charge in [0.1, 0.15) is 12.4 Å². The monoisotopic (exact) mass is 386 g/mol. The van der Waals surface area contributed by atoms with Crippen LogP contribution in [0.25, 0.3) is 11.4 Å². The van der Waals surface area contributed by atoms with Crippen molar-refractivity contribution < 1.29 is 19.6 Å². The Morgan fingerprint density at radius 3 is 2.74 bits per heavy atom. The van der Waals surface area contributed by atoms with E-state index in [-0.39, 0.29) is 29.0 Å². The fourth-order valence-electron chi connectivity index (χ4n) is 2.22. The van der Waals surface area contributed by atoms with E-state index < -0.39 is 10.9 Å². The second-order valence-corrected chi connectivity index (χ2v) is 6.34. The number of H-pyrrole nitrogens is 1. The second-order valence-electron chi connectivity index (χ2n) is 5.40. The molecule has 0 fully saturated rings. The molecule has 0 aliphatic rings. The zero-order chi connectivity index (χ0) is 19.2. The molecule has 9 nitrogen and oxygen atoms in total. The minimum Gasteiger partial charge on any atom is -0.489 e. The molecular formula is C17H14N4O5S. The van der Waals surface area contributed by atoms with E-state index in [4.69, 9.17) is 9.84 Å². The number of aliphatic carboxylic acids is 1. The Bertz CT molecular complexity index is 961. The van der Waals surface area contributed by atoms with E-state index >= 15 is 0 Å². The lowest BCUT2D eigenvalue weighted by Gasteiger charge is -2.07. The molecule has 0 bridgehead atoms. The van der Waals surface area contributed by atoms with Gasteiger partial charge in [-0.15, -0.1) is 5.10 Å². The minimum atomic E-state index is -0.988. The predicted molar refractivity (Wildman–Crippen MR) is 97.6 cm³/mol. The zero-order valence-corrected chi connectivity index (χ0v) is 14.7. The van der Waals surface area contributed by atoms with Crippen LogP contribution in [0.4, 0.5) is 5.69 Å². The number of nitro groups is 1. The Morgan fingerprint density at radius 2 is 2.04 bits per heavy atom. The van der Waals surface area contributed by atoms with Gasteiger partial charge in [-0.05, 0) is 11.6 Å².